The van der Waals surface area contributed by atoms with E-state index in [0.717, 1.165) is 0 Å². The molecule has 0 aliphatic rings. The molecule has 0 saturated heterocycles. The van der Waals surface area contributed by atoms with Crippen LogP contribution in [0.2, 0.25) is 0 Å². The Labute approximate surface area is 179 Å². The monoisotopic (exact) mass is 375 g/mol. The molecule has 11 nitrogen and oxygen atoms in total. The third-order valence-electron chi connectivity index (χ3n) is 0.225. The van der Waals surface area contributed by atoms with E-state index in [4.69, 9.17) is 4.55 Å². The maximum Gasteiger partial charge on any atom is 1.00 e. The molecule has 0 bridgehead atoms. The van der Waals surface area contributed by atoms with Crippen LogP contribution in [-0.2, 0) is 52.7 Å². The fourth-order valence-electron chi connectivity index (χ4n) is 0.0929. The second kappa shape index (κ2) is 25.3. The average Bonchev–Trinajstić information content (AvgIpc) is 1.79. The number of hydrogen-bond donors (Lipinski definition) is 2. The molecule has 0 aliphatic heterocycles. The molecule has 0 aromatic carbocycles. The molecule has 0 amide bonds. The second-order valence-corrected chi connectivity index (χ2v) is 3.71. The van der Waals surface area contributed by atoms with Gasteiger partial charge in [-0.25, -0.2) is 16.3 Å². The first-order valence-corrected chi connectivity index (χ1v) is 6.05. The average molecular weight is 375 g/mol. The van der Waals surface area contributed by atoms with Gasteiger partial charge in [-0.05, 0) is 0 Å². The number of rotatable bonds is 4. The van der Waals surface area contributed by atoms with Gasteiger partial charge < -0.3 is 19.8 Å². The van der Waals surface area contributed by atoms with Crippen LogP contribution < -0.4 is 94.8 Å². The van der Waals surface area contributed by atoms with Gasteiger partial charge in [0.1, 0.15) is 11.4 Å². The van der Waals surface area contributed by atoms with E-state index < -0.39 is 45.4 Å². The fourth-order valence-corrected chi connectivity index (χ4v) is 0.836. The molecule has 0 spiro atoms. The van der Waals surface area contributed by atoms with Crippen LogP contribution in [-0.4, -0.2) is 35.0 Å². The molecule has 0 aromatic rings. The summed E-state index contributed by atoms with van der Waals surface area (Å²) in [6, 6.07) is 0. The van der Waals surface area contributed by atoms with Crippen LogP contribution in [0, 0.1) is 0 Å². The van der Waals surface area contributed by atoms with Crippen molar-refractivity contribution in [3.63, 3.8) is 0 Å². The molecule has 4 N–H and O–H groups in total. The van der Waals surface area contributed by atoms with Crippen molar-refractivity contribution in [2.75, 3.05) is 0 Å². The summed E-state index contributed by atoms with van der Waals surface area (Å²) in [4.78, 5) is 0. The van der Waals surface area contributed by atoms with E-state index in [9.17, 15) is 30.5 Å². The molecule has 0 fully saturated rings. The topological polar surface area (TPSA) is 211 Å². The van der Waals surface area contributed by atoms with Crippen LogP contribution in [0.5, 0.6) is 0 Å². The van der Waals surface area contributed by atoms with Crippen LogP contribution in [0.25, 0.3) is 0 Å². The maximum atomic E-state index is 9.31. The summed E-state index contributed by atoms with van der Waals surface area (Å²) in [5, 5.41) is 0. The molecule has 0 aliphatic carbocycles. The first kappa shape index (κ1) is 37.5. The molecule has 96 valence electrons. The summed E-state index contributed by atoms with van der Waals surface area (Å²) < 4.78 is 78.4. The van der Waals surface area contributed by atoms with Crippen molar-refractivity contribution in [1.82, 2.24) is 6.15 Å². The van der Waals surface area contributed by atoms with Gasteiger partial charge in [0.25, 0.3) is 0 Å². The summed E-state index contributed by atoms with van der Waals surface area (Å²) in [7, 11) is 0. The van der Waals surface area contributed by atoms with Gasteiger partial charge in [0.15, 0.2) is 0 Å². The number of hydrogen-bond acceptors (Lipinski definition) is 10. The van der Waals surface area contributed by atoms with Crippen LogP contribution in [0.1, 0.15) is 0 Å². The van der Waals surface area contributed by atoms with E-state index in [0.29, 0.717) is 0 Å². The Kier molecular flexibility index (Phi) is 52.7. The Hall–Kier alpha value is 3.32. The van der Waals surface area contributed by atoms with Crippen LogP contribution in [0.3, 0.4) is 0 Å². The summed E-state index contributed by atoms with van der Waals surface area (Å²) in [5.41, 5.74) is 0. The predicted octanol–water partition coefficient (Wildman–Crippen LogP) is -11.3. The van der Waals surface area contributed by atoms with Gasteiger partial charge in [0.2, 0.25) is 0 Å². The zero-order chi connectivity index (χ0) is 11.7. The summed E-state index contributed by atoms with van der Waals surface area (Å²) >= 11 is -11.5. The van der Waals surface area contributed by atoms with Crippen molar-refractivity contribution in [2.45, 2.75) is 0 Å². The van der Waals surface area contributed by atoms with Crippen LogP contribution in [0.15, 0.2) is 0 Å². The Balaban J connectivity index is -0.0000000327. The molecule has 18 heavy (non-hydrogen) atoms. The third-order valence-corrected chi connectivity index (χ3v) is 2.02. The normalized spacial score (nSPS) is 14.4. The Bertz CT molecular complexity index is 208. The van der Waals surface area contributed by atoms with Gasteiger partial charge in [-0.3, -0.25) is 4.55 Å². The summed E-state index contributed by atoms with van der Waals surface area (Å²) in [6.07, 6.45) is 0. The van der Waals surface area contributed by atoms with Gasteiger partial charge in [-0.15, -0.1) is 0 Å². The predicted molar refractivity (Wildman–Crippen MR) is 44.7 cm³/mol. The van der Waals surface area contributed by atoms with Crippen LogP contribution >= 0.6 is 0 Å². The largest absolute Gasteiger partial charge is 1.00 e. The van der Waals surface area contributed by atoms with Crippen molar-refractivity contribution < 1.29 is 131 Å². The molecular formula is H4NNa3O10S4. The minimum absolute atomic E-state index is 0. The van der Waals surface area contributed by atoms with E-state index >= 15 is 0 Å². The second-order valence-electron chi connectivity index (χ2n) is 0.966. The van der Waals surface area contributed by atoms with Gasteiger partial charge in [-0.2, -0.15) is 7.84 Å². The standard InChI is InChI=1S/H3N.3Na.2H2O5S2/c;;;;2*1-6(2)5-7(3)4/h1H3;;;;2*(H,1,2)(H,3,4)/q;3*+1;;/p-3. The minimum atomic E-state index is -2.96. The molecule has 0 saturated carbocycles. The smallest absolute Gasteiger partial charge is 0.749 e. The molecular weight excluding hydrogens is 371 g/mol. The fraction of sp³-hybridized carbons (Fsp3) is 0. The maximum absolute atomic E-state index is 9.31. The van der Waals surface area contributed by atoms with Crippen molar-refractivity contribution in [1.29, 1.82) is 0 Å². The Morgan fingerprint density at radius 1 is 0.722 bits per heavy atom. The Morgan fingerprint density at radius 2 is 0.944 bits per heavy atom. The van der Waals surface area contributed by atoms with Gasteiger partial charge in [0.05, 0.1) is 22.7 Å². The van der Waals surface area contributed by atoms with E-state index in [-0.39, 0.29) is 94.8 Å². The van der Waals surface area contributed by atoms with E-state index in [1.807, 2.05) is 0 Å². The van der Waals surface area contributed by atoms with Crippen LogP contribution in [0.4, 0.5) is 0 Å². The first-order chi connectivity index (χ1) is 6.25. The summed E-state index contributed by atoms with van der Waals surface area (Å²) in [6.45, 7) is 0. The van der Waals surface area contributed by atoms with E-state index in [2.05, 4.69) is 7.26 Å². The van der Waals surface area contributed by atoms with Crippen molar-refractivity contribution in [3.8, 4) is 0 Å². The van der Waals surface area contributed by atoms with Gasteiger partial charge >= 0.3 is 100 Å². The zero-order valence-corrected chi connectivity index (χ0v) is 18.7. The van der Waals surface area contributed by atoms with E-state index in [1.54, 1.807) is 0 Å². The first-order valence-electron chi connectivity index (χ1n) is 2.02. The minimum Gasteiger partial charge on any atom is -0.749 e. The molecule has 2 unspecified atom stereocenters. The quantitative estimate of drug-likeness (QED) is 0.348. The Morgan fingerprint density at radius 3 is 0.944 bits per heavy atom. The van der Waals surface area contributed by atoms with Crippen molar-refractivity contribution in [2.24, 2.45) is 0 Å². The van der Waals surface area contributed by atoms with Gasteiger partial charge in [0, 0.05) is 0 Å². The molecule has 0 rings (SSSR count). The summed E-state index contributed by atoms with van der Waals surface area (Å²) in [5.74, 6) is 0. The van der Waals surface area contributed by atoms with Gasteiger partial charge in [-0.1, -0.05) is 0 Å². The van der Waals surface area contributed by atoms with E-state index in [1.165, 1.54) is 0 Å². The molecule has 2 atom stereocenters. The van der Waals surface area contributed by atoms with Crippen molar-refractivity contribution >= 4 is 45.4 Å². The molecule has 0 radical (unpaired) electrons. The zero-order valence-electron chi connectivity index (χ0n) is 9.46. The molecule has 0 aromatic heterocycles. The molecule has 0 heterocycles. The molecule has 18 heteroatoms. The SMILES string of the molecule is N.O=S([O-])OS(=O)O.O=S([O-])OS(=O)[O-].[Na+].[Na+].[Na+]. The van der Waals surface area contributed by atoms with Crippen molar-refractivity contribution in [3.05, 3.63) is 0 Å². The third kappa shape index (κ3) is 50.6.